The van der Waals surface area contributed by atoms with Crippen molar-refractivity contribution in [2.75, 3.05) is 0 Å². The number of aromatic hydroxyl groups is 1. The fraction of sp³-hybridized carbons (Fsp3) is 0.467. The van der Waals surface area contributed by atoms with Crippen molar-refractivity contribution in [3.8, 4) is 5.75 Å². The standard InChI is InChI=1S/C18H30O3S.C12H12OS/c1-2-3-4-5-6-7-8-9-10-11-14-17-15-12-13-16-18(17)22(19,20)21;1-7-8(2)12(14)10-6-4-3-5-9(10)11(7)13/h12-13,15-16H,2-11,14H2,1H3,(H,19,20,21);3-6,13-14H,1-2H3. The summed E-state index contributed by atoms with van der Waals surface area (Å²) in [6.07, 6.45) is 13.3. The average molecular weight is 531 g/mol. The van der Waals surface area contributed by atoms with Gasteiger partial charge in [-0.3, -0.25) is 4.55 Å². The van der Waals surface area contributed by atoms with Crippen LogP contribution in [0.2, 0.25) is 0 Å². The average Bonchev–Trinajstić information content (AvgIpc) is 2.87. The molecule has 0 bridgehead atoms. The summed E-state index contributed by atoms with van der Waals surface area (Å²) in [4.78, 5) is 1.02. The van der Waals surface area contributed by atoms with E-state index >= 15 is 0 Å². The second-order valence-electron chi connectivity index (χ2n) is 9.51. The summed E-state index contributed by atoms with van der Waals surface area (Å²) in [5.41, 5.74) is 2.68. The summed E-state index contributed by atoms with van der Waals surface area (Å²) >= 11 is 4.47. The Kier molecular flexibility index (Phi) is 12.8. The molecule has 0 fully saturated rings. The van der Waals surface area contributed by atoms with Gasteiger partial charge in [0.2, 0.25) is 0 Å². The topological polar surface area (TPSA) is 74.6 Å². The highest BCUT2D eigenvalue weighted by Gasteiger charge is 2.14. The molecule has 0 aliphatic carbocycles. The van der Waals surface area contributed by atoms with Crippen molar-refractivity contribution in [2.24, 2.45) is 0 Å². The fourth-order valence-electron chi connectivity index (χ4n) is 4.42. The molecule has 0 spiro atoms. The Morgan fingerprint density at radius 1 is 0.722 bits per heavy atom. The molecule has 0 aromatic heterocycles. The van der Waals surface area contributed by atoms with E-state index in [4.69, 9.17) is 0 Å². The van der Waals surface area contributed by atoms with E-state index in [1.165, 1.54) is 57.4 Å². The van der Waals surface area contributed by atoms with Crippen molar-refractivity contribution in [1.82, 2.24) is 0 Å². The number of thiol groups is 1. The van der Waals surface area contributed by atoms with Crippen LogP contribution in [-0.4, -0.2) is 18.1 Å². The summed E-state index contributed by atoms with van der Waals surface area (Å²) in [5, 5.41) is 11.8. The monoisotopic (exact) mass is 530 g/mol. The van der Waals surface area contributed by atoms with E-state index in [9.17, 15) is 18.1 Å². The summed E-state index contributed by atoms with van der Waals surface area (Å²) in [7, 11) is -4.10. The molecule has 0 saturated carbocycles. The quantitative estimate of drug-likeness (QED) is 0.124. The van der Waals surface area contributed by atoms with Gasteiger partial charge in [0.25, 0.3) is 10.1 Å². The molecule has 0 aliphatic heterocycles. The molecule has 0 heterocycles. The molecule has 0 saturated heterocycles. The number of rotatable bonds is 12. The molecule has 198 valence electrons. The number of hydrogen-bond acceptors (Lipinski definition) is 4. The third-order valence-corrected chi connectivity index (χ3v) is 8.29. The van der Waals surface area contributed by atoms with Crippen LogP contribution in [0.25, 0.3) is 10.8 Å². The molecule has 0 radical (unpaired) electrons. The van der Waals surface area contributed by atoms with E-state index < -0.39 is 10.1 Å². The predicted molar refractivity (Wildman–Crippen MR) is 154 cm³/mol. The maximum absolute atomic E-state index is 11.3. The second kappa shape index (κ2) is 15.3. The third kappa shape index (κ3) is 9.13. The van der Waals surface area contributed by atoms with Crippen molar-refractivity contribution >= 4 is 33.5 Å². The van der Waals surface area contributed by atoms with Gasteiger partial charge in [-0.25, -0.2) is 0 Å². The smallest absolute Gasteiger partial charge is 0.294 e. The highest BCUT2D eigenvalue weighted by molar-refractivity contribution is 7.85. The largest absolute Gasteiger partial charge is 0.507 e. The van der Waals surface area contributed by atoms with Gasteiger partial charge in [-0.1, -0.05) is 107 Å². The molecule has 0 atom stereocenters. The van der Waals surface area contributed by atoms with Gasteiger partial charge in [-0.15, -0.1) is 12.6 Å². The van der Waals surface area contributed by atoms with Crippen molar-refractivity contribution in [1.29, 1.82) is 0 Å². The van der Waals surface area contributed by atoms with Crippen molar-refractivity contribution in [3.05, 3.63) is 65.2 Å². The lowest BCUT2D eigenvalue weighted by Crippen LogP contribution is -2.03. The SMILES string of the molecule is CCCCCCCCCCCCc1ccccc1S(=O)(=O)O.Cc1c(C)c(S)c2ccccc2c1O. The van der Waals surface area contributed by atoms with Crippen LogP contribution in [0.3, 0.4) is 0 Å². The first-order valence-electron chi connectivity index (χ1n) is 13.1. The Balaban J connectivity index is 0.000000278. The summed E-state index contributed by atoms with van der Waals surface area (Å²) in [6, 6.07) is 14.5. The zero-order valence-corrected chi connectivity index (χ0v) is 23.7. The number of fused-ring (bicyclic) bond motifs is 1. The molecule has 0 aliphatic rings. The maximum atomic E-state index is 11.3. The number of benzene rings is 3. The molecule has 2 N–H and O–H groups in total. The lowest BCUT2D eigenvalue weighted by Gasteiger charge is -2.11. The summed E-state index contributed by atoms with van der Waals surface area (Å²) < 4.78 is 31.8. The molecular formula is C30H42O4S2. The minimum Gasteiger partial charge on any atom is -0.507 e. The van der Waals surface area contributed by atoms with Crippen LogP contribution in [0, 0.1) is 13.8 Å². The van der Waals surface area contributed by atoms with E-state index in [1.807, 2.05) is 44.2 Å². The molecular weight excluding hydrogens is 488 g/mol. The summed E-state index contributed by atoms with van der Waals surface area (Å²) in [5.74, 6) is 0.371. The lowest BCUT2D eigenvalue weighted by atomic mass is 10.0. The van der Waals surface area contributed by atoms with Crippen molar-refractivity contribution in [2.45, 2.75) is 101 Å². The van der Waals surface area contributed by atoms with Gasteiger partial charge >= 0.3 is 0 Å². The second-order valence-corrected chi connectivity index (χ2v) is 11.3. The number of unbranched alkanes of at least 4 members (excludes halogenated alkanes) is 9. The maximum Gasteiger partial charge on any atom is 0.294 e. The first-order valence-corrected chi connectivity index (χ1v) is 15.0. The Hall–Kier alpha value is -2.02. The van der Waals surface area contributed by atoms with Gasteiger partial charge in [-0.2, -0.15) is 8.42 Å². The van der Waals surface area contributed by atoms with Crippen LogP contribution in [0.4, 0.5) is 0 Å². The summed E-state index contributed by atoms with van der Waals surface area (Å²) in [6.45, 7) is 6.13. The van der Waals surface area contributed by atoms with E-state index in [-0.39, 0.29) is 4.90 Å². The molecule has 4 nitrogen and oxygen atoms in total. The molecule has 3 aromatic rings. The van der Waals surface area contributed by atoms with E-state index in [2.05, 4.69) is 19.6 Å². The first kappa shape index (κ1) is 30.2. The van der Waals surface area contributed by atoms with Crippen LogP contribution in [0.1, 0.15) is 87.8 Å². The zero-order chi connectivity index (χ0) is 26.6. The Morgan fingerprint density at radius 3 is 1.81 bits per heavy atom. The fourth-order valence-corrected chi connectivity index (χ4v) is 5.53. The van der Waals surface area contributed by atoms with Gasteiger partial charge in [0.05, 0.1) is 4.90 Å². The molecule has 0 unspecified atom stereocenters. The molecule has 3 rings (SSSR count). The Bertz CT molecular complexity index is 1160. The molecule has 3 aromatic carbocycles. The minimum absolute atomic E-state index is 0.0610. The molecule has 6 heteroatoms. The zero-order valence-electron chi connectivity index (χ0n) is 22.0. The van der Waals surface area contributed by atoms with Crippen LogP contribution >= 0.6 is 12.6 Å². The number of phenolic OH excluding ortho intramolecular Hbond substituents is 1. The lowest BCUT2D eigenvalue weighted by molar-refractivity contribution is 0.476. The van der Waals surface area contributed by atoms with Gasteiger partial charge in [0.15, 0.2) is 0 Å². The van der Waals surface area contributed by atoms with E-state index in [1.54, 1.807) is 12.1 Å². The first-order chi connectivity index (χ1) is 17.2. The van der Waals surface area contributed by atoms with Crippen LogP contribution in [0.15, 0.2) is 58.3 Å². The van der Waals surface area contributed by atoms with Crippen LogP contribution < -0.4 is 0 Å². The van der Waals surface area contributed by atoms with E-state index in [0.29, 0.717) is 12.2 Å². The third-order valence-electron chi connectivity index (χ3n) is 6.76. The van der Waals surface area contributed by atoms with Gasteiger partial charge in [0, 0.05) is 10.3 Å². The van der Waals surface area contributed by atoms with Crippen LogP contribution in [-0.2, 0) is 16.5 Å². The predicted octanol–water partition coefficient (Wildman–Crippen LogP) is 8.85. The normalized spacial score (nSPS) is 11.4. The van der Waals surface area contributed by atoms with Gasteiger partial charge in [0.1, 0.15) is 5.75 Å². The van der Waals surface area contributed by atoms with Gasteiger partial charge < -0.3 is 5.11 Å². The minimum atomic E-state index is -4.10. The van der Waals surface area contributed by atoms with Crippen molar-refractivity contribution < 1.29 is 18.1 Å². The van der Waals surface area contributed by atoms with Crippen molar-refractivity contribution in [3.63, 3.8) is 0 Å². The van der Waals surface area contributed by atoms with E-state index in [0.717, 1.165) is 45.2 Å². The highest BCUT2D eigenvalue weighted by Crippen LogP contribution is 2.36. The number of hydrogen-bond donors (Lipinski definition) is 3. The number of phenols is 1. The van der Waals surface area contributed by atoms with Gasteiger partial charge in [-0.05, 0) is 54.8 Å². The molecule has 0 amide bonds. The molecule has 36 heavy (non-hydrogen) atoms. The Labute approximate surface area is 223 Å². The highest BCUT2D eigenvalue weighted by atomic mass is 32.2. The Morgan fingerprint density at radius 2 is 1.22 bits per heavy atom. The van der Waals surface area contributed by atoms with Crippen LogP contribution in [0.5, 0.6) is 5.75 Å². The number of aryl methyl sites for hydroxylation is 1.